The summed E-state index contributed by atoms with van der Waals surface area (Å²) in [5.74, 6) is -4.02. The van der Waals surface area contributed by atoms with E-state index in [1.165, 1.54) is 18.5 Å². The van der Waals surface area contributed by atoms with Gasteiger partial charge in [0.25, 0.3) is 10.0 Å². The first-order valence-corrected chi connectivity index (χ1v) is 11.5. The summed E-state index contributed by atoms with van der Waals surface area (Å²) < 4.78 is 56.8. The summed E-state index contributed by atoms with van der Waals surface area (Å²) >= 11 is 0.645. The number of carbonyl (C=O) groups excluding carboxylic acids is 2. The SMILES string of the molecule is NC=CC(=O)c1ccc(S(=O)(=O)Nc2ccc(F)c(C(=O)c3c[nH]c4ncccc34)c2F)s1. The van der Waals surface area contributed by atoms with Gasteiger partial charge >= 0.3 is 0 Å². The fraction of sp³-hybridized carbons (Fsp3) is 0. The van der Waals surface area contributed by atoms with Crippen molar-refractivity contribution in [3.8, 4) is 0 Å². The molecule has 4 aromatic rings. The van der Waals surface area contributed by atoms with E-state index in [0.29, 0.717) is 22.4 Å². The van der Waals surface area contributed by atoms with Crippen LogP contribution in [0, 0.1) is 11.6 Å². The molecule has 0 radical (unpaired) electrons. The van der Waals surface area contributed by atoms with Crippen LogP contribution in [0.3, 0.4) is 0 Å². The van der Waals surface area contributed by atoms with Crippen LogP contribution in [-0.2, 0) is 10.0 Å². The molecule has 1 aromatic carbocycles. The Morgan fingerprint density at radius 1 is 1.15 bits per heavy atom. The zero-order chi connectivity index (χ0) is 23.8. The highest BCUT2D eigenvalue weighted by Gasteiger charge is 2.27. The van der Waals surface area contributed by atoms with Crippen LogP contribution in [0.4, 0.5) is 14.5 Å². The predicted octanol–water partition coefficient (Wildman–Crippen LogP) is 3.59. The third kappa shape index (κ3) is 4.13. The van der Waals surface area contributed by atoms with Crippen LogP contribution in [0.25, 0.3) is 11.0 Å². The monoisotopic (exact) mass is 488 g/mol. The zero-order valence-electron chi connectivity index (χ0n) is 16.5. The molecule has 33 heavy (non-hydrogen) atoms. The van der Waals surface area contributed by atoms with Crippen LogP contribution in [0.1, 0.15) is 25.6 Å². The van der Waals surface area contributed by atoms with Gasteiger partial charge in [0.2, 0.25) is 5.78 Å². The van der Waals surface area contributed by atoms with E-state index in [1.807, 2.05) is 4.72 Å². The topological polar surface area (TPSA) is 135 Å². The number of allylic oxidation sites excluding steroid dienone is 1. The number of rotatable bonds is 7. The second-order valence-electron chi connectivity index (χ2n) is 6.66. The van der Waals surface area contributed by atoms with Gasteiger partial charge in [-0.25, -0.2) is 22.2 Å². The summed E-state index contributed by atoms with van der Waals surface area (Å²) in [4.78, 5) is 31.6. The molecule has 0 fully saturated rings. The average Bonchev–Trinajstić information content (AvgIpc) is 3.44. The van der Waals surface area contributed by atoms with Gasteiger partial charge in [0.15, 0.2) is 11.6 Å². The summed E-state index contributed by atoms with van der Waals surface area (Å²) in [5.41, 5.74) is 3.95. The largest absolute Gasteiger partial charge is 0.404 e. The number of nitrogens with zero attached hydrogens (tertiary/aromatic N) is 1. The third-order valence-electron chi connectivity index (χ3n) is 4.59. The summed E-state index contributed by atoms with van der Waals surface area (Å²) in [5, 5.41) is 0.356. The number of aromatic amines is 1. The van der Waals surface area contributed by atoms with Gasteiger partial charge in [-0.2, -0.15) is 0 Å². The molecule has 0 spiro atoms. The molecule has 0 atom stereocenters. The molecule has 0 aliphatic carbocycles. The smallest absolute Gasteiger partial charge is 0.271 e. The lowest BCUT2D eigenvalue weighted by Gasteiger charge is -2.11. The second-order valence-corrected chi connectivity index (χ2v) is 9.66. The van der Waals surface area contributed by atoms with E-state index in [2.05, 4.69) is 9.97 Å². The van der Waals surface area contributed by atoms with Crippen molar-refractivity contribution >= 4 is 49.6 Å². The first-order chi connectivity index (χ1) is 15.7. The molecule has 0 aliphatic rings. The Hall–Kier alpha value is -3.90. The molecule has 0 amide bonds. The number of thiophene rings is 1. The zero-order valence-corrected chi connectivity index (χ0v) is 18.1. The number of fused-ring (bicyclic) bond motifs is 1. The number of H-pyrrole nitrogens is 1. The van der Waals surface area contributed by atoms with E-state index in [4.69, 9.17) is 5.73 Å². The molecule has 168 valence electrons. The van der Waals surface area contributed by atoms with Crippen molar-refractivity contribution in [2.24, 2.45) is 5.73 Å². The Morgan fingerprint density at radius 3 is 2.70 bits per heavy atom. The normalized spacial score (nSPS) is 11.8. The quantitative estimate of drug-likeness (QED) is 0.269. The Bertz CT molecular complexity index is 1540. The van der Waals surface area contributed by atoms with Crippen molar-refractivity contribution < 1.29 is 26.8 Å². The van der Waals surface area contributed by atoms with Gasteiger partial charge in [0, 0.05) is 29.4 Å². The number of aromatic nitrogens is 2. The van der Waals surface area contributed by atoms with E-state index in [0.717, 1.165) is 30.5 Å². The van der Waals surface area contributed by atoms with Crippen LogP contribution in [0.2, 0.25) is 0 Å². The van der Waals surface area contributed by atoms with E-state index in [1.54, 1.807) is 12.1 Å². The highest BCUT2D eigenvalue weighted by Crippen LogP contribution is 2.30. The standard InChI is InChI=1S/C21H14F2N4O4S2/c22-13-3-4-14(27-33(30,31)17-6-5-16(32-17)15(28)7-8-24)19(23)18(13)20(29)12-10-26-21-11(12)2-1-9-25-21/h1-10,27H,24H2,(H,25,26). The van der Waals surface area contributed by atoms with Gasteiger partial charge in [-0.3, -0.25) is 14.3 Å². The van der Waals surface area contributed by atoms with Crippen LogP contribution in [0.15, 0.2) is 65.3 Å². The Labute approximate surface area is 189 Å². The van der Waals surface area contributed by atoms with Crippen molar-refractivity contribution in [3.05, 3.63) is 88.7 Å². The lowest BCUT2D eigenvalue weighted by atomic mass is 10.0. The molecule has 4 rings (SSSR count). The molecule has 0 aliphatic heterocycles. The number of halogens is 2. The Morgan fingerprint density at radius 2 is 1.94 bits per heavy atom. The van der Waals surface area contributed by atoms with Crippen molar-refractivity contribution in [2.75, 3.05) is 4.72 Å². The molecule has 3 heterocycles. The van der Waals surface area contributed by atoms with E-state index in [9.17, 15) is 22.4 Å². The number of carbonyl (C=O) groups is 2. The molecule has 12 heteroatoms. The molecule has 0 bridgehead atoms. The number of nitrogens with one attached hydrogen (secondary N) is 2. The lowest BCUT2D eigenvalue weighted by molar-refractivity contribution is 0.102. The van der Waals surface area contributed by atoms with Crippen molar-refractivity contribution in [2.45, 2.75) is 4.21 Å². The van der Waals surface area contributed by atoms with Crippen LogP contribution in [-0.4, -0.2) is 30.0 Å². The van der Waals surface area contributed by atoms with Crippen LogP contribution < -0.4 is 10.5 Å². The molecular formula is C21H14F2N4O4S2. The number of ketones is 2. The predicted molar refractivity (Wildman–Crippen MR) is 119 cm³/mol. The van der Waals surface area contributed by atoms with Crippen molar-refractivity contribution in [1.82, 2.24) is 9.97 Å². The highest BCUT2D eigenvalue weighted by molar-refractivity contribution is 7.94. The van der Waals surface area contributed by atoms with Gasteiger partial charge in [-0.05, 0) is 42.6 Å². The maximum Gasteiger partial charge on any atom is 0.271 e. The number of benzene rings is 1. The van der Waals surface area contributed by atoms with Gasteiger partial charge in [-0.15, -0.1) is 11.3 Å². The Balaban J connectivity index is 1.70. The number of pyridine rings is 1. The van der Waals surface area contributed by atoms with Gasteiger partial charge < -0.3 is 10.7 Å². The maximum absolute atomic E-state index is 15.2. The minimum absolute atomic E-state index is 0.0229. The fourth-order valence-electron chi connectivity index (χ4n) is 3.08. The minimum Gasteiger partial charge on any atom is -0.404 e. The molecule has 8 nitrogen and oxygen atoms in total. The molecule has 3 aromatic heterocycles. The van der Waals surface area contributed by atoms with Crippen LogP contribution in [0.5, 0.6) is 0 Å². The van der Waals surface area contributed by atoms with Crippen molar-refractivity contribution in [3.63, 3.8) is 0 Å². The number of nitrogens with two attached hydrogens (primary N) is 1. The average molecular weight is 488 g/mol. The molecule has 0 saturated heterocycles. The first-order valence-electron chi connectivity index (χ1n) is 9.23. The number of hydrogen-bond donors (Lipinski definition) is 3. The maximum atomic E-state index is 15.2. The van der Waals surface area contributed by atoms with E-state index >= 15 is 4.39 Å². The minimum atomic E-state index is -4.34. The highest BCUT2D eigenvalue weighted by atomic mass is 32.2. The third-order valence-corrected chi connectivity index (χ3v) is 7.55. The summed E-state index contributed by atoms with van der Waals surface area (Å²) in [7, 11) is -4.34. The summed E-state index contributed by atoms with van der Waals surface area (Å²) in [6.07, 6.45) is 4.84. The molecule has 4 N–H and O–H groups in total. The van der Waals surface area contributed by atoms with Crippen LogP contribution >= 0.6 is 11.3 Å². The number of hydrogen-bond acceptors (Lipinski definition) is 7. The Kier molecular flexibility index (Phi) is 5.78. The molecule has 0 saturated carbocycles. The second kappa shape index (κ2) is 8.56. The summed E-state index contributed by atoms with van der Waals surface area (Å²) in [6, 6.07) is 7.22. The first kappa shape index (κ1) is 22.3. The fourth-order valence-corrected chi connectivity index (χ4v) is 5.37. The van der Waals surface area contributed by atoms with Crippen molar-refractivity contribution in [1.29, 1.82) is 0 Å². The lowest BCUT2D eigenvalue weighted by Crippen LogP contribution is -2.15. The summed E-state index contributed by atoms with van der Waals surface area (Å²) in [6.45, 7) is 0. The van der Waals surface area contributed by atoms with Gasteiger partial charge in [0.1, 0.15) is 15.7 Å². The van der Waals surface area contributed by atoms with E-state index < -0.39 is 44.5 Å². The molecular weight excluding hydrogens is 474 g/mol. The van der Waals surface area contributed by atoms with E-state index in [-0.39, 0.29) is 14.6 Å². The van der Waals surface area contributed by atoms with Gasteiger partial charge in [0.05, 0.1) is 16.1 Å². The molecule has 0 unspecified atom stereocenters. The van der Waals surface area contributed by atoms with Gasteiger partial charge in [-0.1, -0.05) is 0 Å². The number of sulfonamides is 1. The number of anilines is 1.